The molecule has 0 unspecified atom stereocenters. The van der Waals surface area contributed by atoms with E-state index in [1.54, 1.807) is 12.3 Å². The molecule has 0 bridgehead atoms. The van der Waals surface area contributed by atoms with Crippen molar-refractivity contribution in [2.24, 2.45) is 0 Å². The monoisotopic (exact) mass is 345 g/mol. The van der Waals surface area contributed by atoms with Crippen LogP contribution in [0.25, 0.3) is 18.2 Å². The summed E-state index contributed by atoms with van der Waals surface area (Å²) < 4.78 is 5.68. The lowest BCUT2D eigenvalue weighted by Gasteiger charge is -2.16. The molecule has 1 aromatic carbocycles. The van der Waals surface area contributed by atoms with Crippen molar-refractivity contribution in [3.63, 3.8) is 0 Å². The second-order valence-corrected chi connectivity index (χ2v) is 6.33. The zero-order valence-electron chi connectivity index (χ0n) is 11.9. The largest absolute Gasteiger partial charge is 0.488 e. The van der Waals surface area contributed by atoms with Gasteiger partial charge in [0, 0.05) is 27.7 Å². The molecule has 4 nitrogen and oxygen atoms in total. The minimum Gasteiger partial charge on any atom is -0.488 e. The van der Waals surface area contributed by atoms with E-state index in [4.69, 9.17) is 21.4 Å². The third-order valence-electron chi connectivity index (χ3n) is 3.08. The lowest BCUT2D eigenvalue weighted by molar-refractivity contribution is -0.131. The van der Waals surface area contributed by atoms with Crippen LogP contribution in [0.4, 0.5) is 0 Å². The average Bonchev–Trinajstić information content (AvgIpc) is 2.98. The van der Waals surface area contributed by atoms with Gasteiger partial charge in [-0.3, -0.25) is 0 Å². The van der Waals surface area contributed by atoms with Crippen LogP contribution in [0.5, 0.6) is 5.75 Å². The molecule has 0 saturated carbocycles. The van der Waals surface area contributed by atoms with E-state index in [0.717, 1.165) is 32.8 Å². The predicted molar refractivity (Wildman–Crippen MR) is 92.7 cm³/mol. The number of halogens is 1. The zero-order chi connectivity index (χ0) is 16.2. The number of carbonyl (C=O) groups is 1. The molecule has 2 aromatic rings. The van der Waals surface area contributed by atoms with E-state index in [1.807, 2.05) is 30.4 Å². The number of fused-ring (bicyclic) bond motifs is 1. The molecule has 1 aliphatic heterocycles. The maximum atomic E-state index is 10.5. The molecule has 116 valence electrons. The first-order valence-corrected chi connectivity index (χ1v) is 7.97. The van der Waals surface area contributed by atoms with E-state index in [0.29, 0.717) is 11.6 Å². The molecule has 1 aromatic heterocycles. The number of nitrogens with zero attached hydrogens (tertiary/aromatic N) is 1. The normalized spacial score (nSPS) is 13.9. The molecule has 2 heterocycles. The van der Waals surface area contributed by atoms with Gasteiger partial charge in [-0.15, -0.1) is 11.3 Å². The number of rotatable bonds is 4. The molecule has 23 heavy (non-hydrogen) atoms. The number of aromatic nitrogens is 1. The van der Waals surface area contributed by atoms with Crippen molar-refractivity contribution < 1.29 is 14.6 Å². The topological polar surface area (TPSA) is 59.4 Å². The van der Waals surface area contributed by atoms with Crippen LogP contribution in [0.1, 0.15) is 15.4 Å². The van der Waals surface area contributed by atoms with Crippen molar-refractivity contribution in [3.05, 3.63) is 62.6 Å². The molecule has 3 rings (SSSR count). The van der Waals surface area contributed by atoms with Crippen LogP contribution in [-0.2, 0) is 4.79 Å². The average molecular weight is 346 g/mol. The van der Waals surface area contributed by atoms with Gasteiger partial charge in [0.2, 0.25) is 0 Å². The fraction of sp³-hybridized carbons (Fsp3) is 0.0588. The maximum Gasteiger partial charge on any atom is 0.328 e. The van der Waals surface area contributed by atoms with Gasteiger partial charge in [0.15, 0.2) is 0 Å². The summed E-state index contributed by atoms with van der Waals surface area (Å²) in [4.78, 5) is 15.5. The predicted octanol–water partition coefficient (Wildman–Crippen LogP) is 4.38. The molecule has 6 heteroatoms. The van der Waals surface area contributed by atoms with Crippen LogP contribution in [0.3, 0.4) is 0 Å². The van der Waals surface area contributed by atoms with Crippen molar-refractivity contribution in [2.75, 3.05) is 6.61 Å². The van der Waals surface area contributed by atoms with Gasteiger partial charge in [0.25, 0.3) is 0 Å². The van der Waals surface area contributed by atoms with E-state index in [-0.39, 0.29) is 0 Å². The van der Waals surface area contributed by atoms with Crippen LogP contribution in [0, 0.1) is 0 Å². The van der Waals surface area contributed by atoms with E-state index in [9.17, 15) is 4.79 Å². The number of carboxylic acids is 1. The molecule has 0 fully saturated rings. The SMILES string of the molecule is O=C(O)/C=C/c1cnc(/C=C/C2=Cc3cc(Cl)ccc3OC2)s1. The van der Waals surface area contributed by atoms with Crippen LogP contribution in [0.15, 0.2) is 42.1 Å². The summed E-state index contributed by atoms with van der Waals surface area (Å²) in [5.74, 6) is -0.153. The van der Waals surface area contributed by atoms with Gasteiger partial charge < -0.3 is 9.84 Å². The lowest BCUT2D eigenvalue weighted by Crippen LogP contribution is -2.05. The number of thiazole rings is 1. The third-order valence-corrected chi connectivity index (χ3v) is 4.24. The lowest BCUT2D eigenvalue weighted by atomic mass is 10.1. The zero-order valence-corrected chi connectivity index (χ0v) is 13.5. The number of aliphatic carboxylic acids is 1. The molecule has 0 saturated heterocycles. The Labute approximate surface area is 142 Å². The Morgan fingerprint density at radius 2 is 2.22 bits per heavy atom. The van der Waals surface area contributed by atoms with Gasteiger partial charge in [-0.05, 0) is 42.0 Å². The first kappa shape index (κ1) is 15.5. The number of ether oxygens (including phenoxy) is 1. The Hall–Kier alpha value is -2.37. The number of benzene rings is 1. The van der Waals surface area contributed by atoms with Crippen molar-refractivity contribution >= 4 is 47.1 Å². The number of carboxylic acid groups (broad SMARTS) is 1. The van der Waals surface area contributed by atoms with Gasteiger partial charge in [-0.1, -0.05) is 17.7 Å². The standard InChI is InChI=1S/C17H12ClNO3S/c18-13-2-4-15-12(8-13)7-11(10-22-15)1-5-16-19-9-14(23-16)3-6-17(20)21/h1-9H,10H2,(H,20,21)/b5-1+,6-3+. The van der Waals surface area contributed by atoms with Crippen LogP contribution < -0.4 is 4.74 Å². The highest BCUT2D eigenvalue weighted by molar-refractivity contribution is 7.13. The highest BCUT2D eigenvalue weighted by Crippen LogP contribution is 2.29. The van der Waals surface area contributed by atoms with Crippen LogP contribution in [0.2, 0.25) is 5.02 Å². The van der Waals surface area contributed by atoms with Gasteiger partial charge >= 0.3 is 5.97 Å². The van der Waals surface area contributed by atoms with Crippen LogP contribution in [-0.4, -0.2) is 22.7 Å². The summed E-state index contributed by atoms with van der Waals surface area (Å²) >= 11 is 7.41. The first-order valence-electron chi connectivity index (χ1n) is 6.78. The maximum absolute atomic E-state index is 10.5. The summed E-state index contributed by atoms with van der Waals surface area (Å²) in [5.41, 5.74) is 1.96. The highest BCUT2D eigenvalue weighted by Gasteiger charge is 2.10. The summed E-state index contributed by atoms with van der Waals surface area (Å²) in [6, 6.07) is 5.52. The molecule has 0 spiro atoms. The Balaban J connectivity index is 1.75. The minimum atomic E-state index is -0.975. The van der Waals surface area contributed by atoms with E-state index < -0.39 is 5.97 Å². The van der Waals surface area contributed by atoms with Gasteiger partial charge in [0.1, 0.15) is 17.4 Å². The summed E-state index contributed by atoms with van der Waals surface area (Å²) in [5, 5.41) is 10.1. The molecule has 1 N–H and O–H groups in total. The Bertz CT molecular complexity index is 836. The van der Waals surface area contributed by atoms with Crippen molar-refractivity contribution in [1.82, 2.24) is 4.98 Å². The molecular weight excluding hydrogens is 334 g/mol. The fourth-order valence-electron chi connectivity index (χ4n) is 2.05. The quantitative estimate of drug-likeness (QED) is 0.835. The molecule has 0 atom stereocenters. The van der Waals surface area contributed by atoms with Gasteiger partial charge in [-0.2, -0.15) is 0 Å². The van der Waals surface area contributed by atoms with Gasteiger partial charge in [-0.25, -0.2) is 9.78 Å². The van der Waals surface area contributed by atoms with E-state index in [2.05, 4.69) is 4.98 Å². The molecule has 0 radical (unpaired) electrons. The smallest absolute Gasteiger partial charge is 0.328 e. The van der Waals surface area contributed by atoms with Gasteiger partial charge in [0.05, 0.1) is 0 Å². The minimum absolute atomic E-state index is 0.488. The molecular formula is C17H12ClNO3S. The summed E-state index contributed by atoms with van der Waals surface area (Å²) in [6.45, 7) is 0.488. The third kappa shape index (κ3) is 4.09. The Kier molecular flexibility index (Phi) is 4.60. The molecule has 0 aliphatic carbocycles. The van der Waals surface area contributed by atoms with Crippen LogP contribution >= 0.6 is 22.9 Å². The molecule has 0 amide bonds. The summed E-state index contributed by atoms with van der Waals surface area (Å²) in [6.07, 6.45) is 10.1. The second kappa shape index (κ2) is 6.81. The molecule has 1 aliphatic rings. The van der Waals surface area contributed by atoms with Crippen molar-refractivity contribution in [3.8, 4) is 5.75 Å². The fourth-order valence-corrected chi connectivity index (χ4v) is 2.95. The van der Waals surface area contributed by atoms with Crippen molar-refractivity contribution in [2.45, 2.75) is 0 Å². The number of hydrogen-bond acceptors (Lipinski definition) is 4. The Morgan fingerprint density at radius 1 is 1.35 bits per heavy atom. The number of hydrogen-bond donors (Lipinski definition) is 1. The van der Waals surface area contributed by atoms with E-state index >= 15 is 0 Å². The van der Waals surface area contributed by atoms with Crippen molar-refractivity contribution in [1.29, 1.82) is 0 Å². The second-order valence-electron chi connectivity index (χ2n) is 4.80. The Morgan fingerprint density at radius 3 is 3.04 bits per heavy atom. The highest BCUT2D eigenvalue weighted by atomic mass is 35.5. The van der Waals surface area contributed by atoms with E-state index in [1.165, 1.54) is 17.4 Å². The summed E-state index contributed by atoms with van der Waals surface area (Å²) in [7, 11) is 0. The first-order chi connectivity index (χ1) is 11.1.